The molecule has 0 radical (unpaired) electrons. The lowest BCUT2D eigenvalue weighted by molar-refractivity contribution is -0.128. The fraction of sp³-hybridized carbons (Fsp3) is 0.474. The fourth-order valence-corrected chi connectivity index (χ4v) is 4.84. The van der Waals surface area contributed by atoms with Gasteiger partial charge in [0.2, 0.25) is 0 Å². The highest BCUT2D eigenvalue weighted by Gasteiger charge is 2.54. The molecule has 0 spiro atoms. The first kappa shape index (κ1) is 15.1. The van der Waals surface area contributed by atoms with Gasteiger partial charge in [-0.3, -0.25) is 4.79 Å². The second-order valence-corrected chi connectivity index (χ2v) is 7.79. The number of rotatable bonds is 0. The van der Waals surface area contributed by atoms with Crippen molar-refractivity contribution in [2.75, 3.05) is 0 Å². The van der Waals surface area contributed by atoms with E-state index in [1.807, 2.05) is 43.8 Å². The highest BCUT2D eigenvalue weighted by Crippen LogP contribution is 2.54. The summed E-state index contributed by atoms with van der Waals surface area (Å²) >= 11 is 0. The number of nitriles is 1. The third-order valence-corrected chi connectivity index (χ3v) is 5.98. The molecule has 2 aliphatic rings. The molecule has 2 heterocycles. The second-order valence-electron chi connectivity index (χ2n) is 7.79. The van der Waals surface area contributed by atoms with Crippen LogP contribution in [0.3, 0.4) is 0 Å². The smallest absolute Gasteiger partial charge is 0.178 e. The molecule has 0 aliphatic heterocycles. The molecule has 0 saturated carbocycles. The van der Waals surface area contributed by atoms with Crippen LogP contribution in [0.2, 0.25) is 0 Å². The van der Waals surface area contributed by atoms with Crippen molar-refractivity contribution in [2.24, 2.45) is 11.3 Å². The van der Waals surface area contributed by atoms with Gasteiger partial charge in [0.1, 0.15) is 6.07 Å². The quantitative estimate of drug-likeness (QED) is 0.748. The third kappa shape index (κ3) is 1.66. The number of carbonyl (C=O) groups excluding carboxylic acids is 1. The molecule has 0 saturated heterocycles. The van der Waals surface area contributed by atoms with Gasteiger partial charge in [0.25, 0.3) is 0 Å². The number of hydrogen-bond acceptors (Lipinski definition) is 4. The van der Waals surface area contributed by atoms with E-state index in [-0.39, 0.29) is 17.3 Å². The topological polar surface area (TPSA) is 71.1 Å². The van der Waals surface area contributed by atoms with Crippen LogP contribution in [0, 0.1) is 29.6 Å². The Bertz CT molecular complexity index is 960. The number of allylic oxidation sites excluding steroid dienone is 2. The average molecular weight is 320 g/mol. The summed E-state index contributed by atoms with van der Waals surface area (Å²) in [5.41, 5.74) is 3.39. The molecule has 24 heavy (non-hydrogen) atoms. The summed E-state index contributed by atoms with van der Waals surface area (Å²) in [6, 6.07) is 2.12. The molecule has 0 fully saturated rings. The Morgan fingerprint density at radius 1 is 1.33 bits per heavy atom. The van der Waals surface area contributed by atoms with Crippen LogP contribution in [0.4, 0.5) is 0 Å². The monoisotopic (exact) mass is 320 g/mol. The summed E-state index contributed by atoms with van der Waals surface area (Å²) in [4.78, 5) is 17.3. The SMILES string of the molecule is Cc1cnn2c3c(cnc12)CCC1C(C)(C)C(=O)C(C#N)=CC31C. The number of aromatic nitrogens is 3. The Morgan fingerprint density at radius 2 is 2.08 bits per heavy atom. The zero-order valence-electron chi connectivity index (χ0n) is 14.4. The Hall–Kier alpha value is -2.48. The first-order valence-electron chi connectivity index (χ1n) is 8.31. The van der Waals surface area contributed by atoms with Gasteiger partial charge in [-0.2, -0.15) is 10.4 Å². The Kier molecular flexibility index (Phi) is 2.85. The molecule has 2 aromatic rings. The molecule has 0 aromatic carbocycles. The van der Waals surface area contributed by atoms with E-state index in [0.29, 0.717) is 0 Å². The number of fused-ring (bicyclic) bond motifs is 5. The predicted molar refractivity (Wildman–Crippen MR) is 89.4 cm³/mol. The van der Waals surface area contributed by atoms with Gasteiger partial charge in [0.15, 0.2) is 11.4 Å². The maximum Gasteiger partial charge on any atom is 0.178 e. The standard InChI is InChI=1S/C19H20N4O/c1-11-9-22-23-15-12(10-21-17(11)23)5-6-14-18(2,3)16(24)13(8-20)7-19(14,15)4/h7,9-10,14H,5-6H2,1-4H3. The fourth-order valence-electron chi connectivity index (χ4n) is 4.84. The molecule has 5 heteroatoms. The maximum absolute atomic E-state index is 12.7. The van der Waals surface area contributed by atoms with Gasteiger partial charge in [-0.15, -0.1) is 0 Å². The van der Waals surface area contributed by atoms with Crippen LogP contribution in [0.5, 0.6) is 0 Å². The average Bonchev–Trinajstić information content (AvgIpc) is 2.92. The Balaban J connectivity index is 2.10. The van der Waals surface area contributed by atoms with Crippen LogP contribution >= 0.6 is 0 Å². The normalized spacial score (nSPS) is 28.0. The summed E-state index contributed by atoms with van der Waals surface area (Å²) < 4.78 is 1.91. The summed E-state index contributed by atoms with van der Waals surface area (Å²) in [6.07, 6.45) is 7.42. The Morgan fingerprint density at radius 3 is 2.79 bits per heavy atom. The number of hydrogen-bond donors (Lipinski definition) is 0. The lowest BCUT2D eigenvalue weighted by Gasteiger charge is -2.50. The molecule has 2 atom stereocenters. The molecule has 122 valence electrons. The van der Waals surface area contributed by atoms with Crippen molar-refractivity contribution < 1.29 is 4.79 Å². The molecule has 0 bridgehead atoms. The number of aryl methyl sites for hydroxylation is 2. The first-order chi connectivity index (χ1) is 11.3. The van der Waals surface area contributed by atoms with Crippen LogP contribution in [0.15, 0.2) is 24.0 Å². The minimum atomic E-state index is -0.565. The first-order valence-corrected chi connectivity index (χ1v) is 8.31. The third-order valence-electron chi connectivity index (χ3n) is 5.98. The van der Waals surface area contributed by atoms with E-state index in [2.05, 4.69) is 23.1 Å². The summed E-state index contributed by atoms with van der Waals surface area (Å²) in [6.45, 7) is 8.08. The van der Waals surface area contributed by atoms with E-state index < -0.39 is 10.8 Å². The van der Waals surface area contributed by atoms with Crippen LogP contribution in [-0.2, 0) is 16.6 Å². The van der Waals surface area contributed by atoms with Crippen LogP contribution in [0.25, 0.3) is 5.65 Å². The van der Waals surface area contributed by atoms with Crippen molar-refractivity contribution in [1.29, 1.82) is 5.26 Å². The molecular formula is C19H20N4O. The minimum absolute atomic E-state index is 0.0436. The lowest BCUT2D eigenvalue weighted by atomic mass is 9.52. The summed E-state index contributed by atoms with van der Waals surface area (Å²) in [5, 5.41) is 14.0. The zero-order valence-corrected chi connectivity index (χ0v) is 14.4. The number of ketones is 1. The van der Waals surface area contributed by atoms with E-state index in [9.17, 15) is 10.1 Å². The largest absolute Gasteiger partial charge is 0.293 e. The molecule has 2 unspecified atom stereocenters. The van der Waals surface area contributed by atoms with Gasteiger partial charge in [-0.25, -0.2) is 9.50 Å². The molecule has 0 amide bonds. The van der Waals surface area contributed by atoms with Crippen LogP contribution in [0.1, 0.15) is 44.0 Å². The van der Waals surface area contributed by atoms with E-state index >= 15 is 0 Å². The van der Waals surface area contributed by atoms with Crippen molar-refractivity contribution in [1.82, 2.24) is 14.6 Å². The molecule has 2 aliphatic carbocycles. The molecule has 0 N–H and O–H groups in total. The highest BCUT2D eigenvalue weighted by molar-refractivity contribution is 6.04. The van der Waals surface area contributed by atoms with Crippen molar-refractivity contribution in [3.8, 4) is 6.07 Å². The van der Waals surface area contributed by atoms with Crippen LogP contribution in [-0.4, -0.2) is 20.4 Å². The van der Waals surface area contributed by atoms with Gasteiger partial charge in [0.05, 0.1) is 17.5 Å². The summed E-state index contributed by atoms with van der Waals surface area (Å²) in [5.74, 6) is 0.0927. The lowest BCUT2D eigenvalue weighted by Crippen LogP contribution is -2.51. The van der Waals surface area contributed by atoms with Gasteiger partial charge >= 0.3 is 0 Å². The van der Waals surface area contributed by atoms with Crippen molar-refractivity contribution >= 4 is 11.4 Å². The Labute approximate surface area is 141 Å². The zero-order chi connectivity index (χ0) is 17.3. The van der Waals surface area contributed by atoms with Crippen LogP contribution < -0.4 is 0 Å². The van der Waals surface area contributed by atoms with E-state index in [0.717, 1.165) is 35.3 Å². The molecule has 4 rings (SSSR count). The van der Waals surface area contributed by atoms with Gasteiger partial charge in [-0.05, 0) is 31.2 Å². The van der Waals surface area contributed by atoms with Gasteiger partial charge in [-0.1, -0.05) is 26.8 Å². The van der Waals surface area contributed by atoms with E-state index in [1.54, 1.807) is 0 Å². The van der Waals surface area contributed by atoms with Gasteiger partial charge in [0, 0.05) is 22.6 Å². The minimum Gasteiger partial charge on any atom is -0.293 e. The predicted octanol–water partition coefficient (Wildman–Crippen LogP) is 2.92. The van der Waals surface area contributed by atoms with E-state index in [4.69, 9.17) is 0 Å². The molecular weight excluding hydrogens is 300 g/mol. The van der Waals surface area contributed by atoms with Crippen molar-refractivity contribution in [3.63, 3.8) is 0 Å². The van der Waals surface area contributed by atoms with E-state index in [1.165, 1.54) is 0 Å². The molecule has 5 nitrogen and oxygen atoms in total. The molecule has 2 aromatic heterocycles. The second kappa shape index (κ2) is 4.54. The van der Waals surface area contributed by atoms with Gasteiger partial charge < -0.3 is 0 Å². The summed E-state index contributed by atoms with van der Waals surface area (Å²) in [7, 11) is 0. The number of nitrogens with zero attached hydrogens (tertiary/aromatic N) is 4. The van der Waals surface area contributed by atoms with Crippen molar-refractivity contribution in [3.05, 3.63) is 40.9 Å². The number of Topliss-reactive ketones (excluding diaryl/α,β-unsaturated/α-hetero) is 1. The highest BCUT2D eigenvalue weighted by atomic mass is 16.1. The number of carbonyl (C=O) groups is 1. The maximum atomic E-state index is 12.7. The van der Waals surface area contributed by atoms with Crippen molar-refractivity contribution in [2.45, 2.75) is 46.0 Å².